The summed E-state index contributed by atoms with van der Waals surface area (Å²) in [6, 6.07) is 10.9. The molecule has 0 fully saturated rings. The van der Waals surface area contributed by atoms with Crippen LogP contribution in [0.4, 0.5) is 8.78 Å². The summed E-state index contributed by atoms with van der Waals surface area (Å²) in [4.78, 5) is 23.1. The Morgan fingerprint density at radius 3 is 1.29 bits per heavy atom. The van der Waals surface area contributed by atoms with Crippen LogP contribution in [0.1, 0.15) is 63.3 Å². The van der Waals surface area contributed by atoms with Crippen molar-refractivity contribution in [3.05, 3.63) is 71.3 Å². The third-order valence-corrected chi connectivity index (χ3v) is 3.70. The SMILES string of the molecule is C.C.CC(C)(Br)C(=O)c1ccc(F)cc1.CC(C)(N)C(=O)c1ccc(F)cc1. The van der Waals surface area contributed by atoms with Crippen LogP contribution in [0.2, 0.25) is 0 Å². The summed E-state index contributed by atoms with van der Waals surface area (Å²) in [5, 5.41) is 0. The molecule has 0 saturated carbocycles. The van der Waals surface area contributed by atoms with E-state index in [1.165, 1.54) is 48.5 Å². The summed E-state index contributed by atoms with van der Waals surface area (Å²) in [5.74, 6) is -0.921. The van der Waals surface area contributed by atoms with Crippen LogP contribution in [0, 0.1) is 11.6 Å². The Hall–Kier alpha value is -1.92. The van der Waals surface area contributed by atoms with Crippen molar-refractivity contribution in [1.82, 2.24) is 0 Å². The Labute approximate surface area is 175 Å². The number of rotatable bonds is 4. The fourth-order valence-electron chi connectivity index (χ4n) is 1.92. The maximum absolute atomic E-state index is 12.5. The van der Waals surface area contributed by atoms with Gasteiger partial charge in [-0.15, -0.1) is 0 Å². The number of Topliss-reactive ketones (excluding diaryl/α,β-unsaturated/α-hetero) is 2. The second kappa shape index (κ2) is 11.2. The van der Waals surface area contributed by atoms with Gasteiger partial charge in [0.15, 0.2) is 11.6 Å². The van der Waals surface area contributed by atoms with Gasteiger partial charge in [-0.25, -0.2) is 8.78 Å². The molecule has 0 bridgehead atoms. The molecular weight excluding hydrogens is 428 g/mol. The normalized spacial score (nSPS) is 10.6. The quantitative estimate of drug-likeness (QED) is 0.438. The molecule has 0 heterocycles. The highest BCUT2D eigenvalue weighted by atomic mass is 79.9. The predicted molar refractivity (Wildman–Crippen MR) is 116 cm³/mol. The van der Waals surface area contributed by atoms with Gasteiger partial charge in [-0.05, 0) is 76.2 Å². The largest absolute Gasteiger partial charge is 0.319 e. The minimum atomic E-state index is -0.905. The highest BCUT2D eigenvalue weighted by molar-refractivity contribution is 9.10. The third kappa shape index (κ3) is 8.85. The topological polar surface area (TPSA) is 60.2 Å². The van der Waals surface area contributed by atoms with E-state index in [1.807, 2.05) is 0 Å². The number of halogens is 3. The summed E-state index contributed by atoms with van der Waals surface area (Å²) < 4.78 is 24.4. The number of alkyl halides is 1. The van der Waals surface area contributed by atoms with Gasteiger partial charge in [0.25, 0.3) is 0 Å². The highest BCUT2D eigenvalue weighted by Crippen LogP contribution is 2.22. The van der Waals surface area contributed by atoms with Crippen LogP contribution in [-0.4, -0.2) is 21.4 Å². The van der Waals surface area contributed by atoms with E-state index in [-0.39, 0.29) is 38.1 Å². The van der Waals surface area contributed by atoms with Crippen LogP contribution in [0.25, 0.3) is 0 Å². The molecular formula is C22H30BrF2NO2. The standard InChI is InChI=1S/C10H10BrFO.C10H12FNO.2CH4/c1-10(2,11)9(13)7-3-5-8(12)6-4-7;1-10(2,12)9(13)7-3-5-8(11)6-4-7;;/h3-6H,1-2H3;3-6H,12H2,1-2H3;2*1H4. The molecule has 2 aromatic carbocycles. The molecule has 28 heavy (non-hydrogen) atoms. The molecule has 2 aromatic rings. The van der Waals surface area contributed by atoms with Gasteiger partial charge < -0.3 is 5.73 Å². The number of carbonyl (C=O) groups excluding carboxylic acids is 2. The maximum atomic E-state index is 12.5. The number of hydrogen-bond acceptors (Lipinski definition) is 3. The fraction of sp³-hybridized carbons (Fsp3) is 0.364. The van der Waals surface area contributed by atoms with E-state index < -0.39 is 9.86 Å². The lowest BCUT2D eigenvalue weighted by Crippen LogP contribution is -2.41. The Morgan fingerprint density at radius 2 is 1.04 bits per heavy atom. The monoisotopic (exact) mass is 457 g/mol. The number of ketones is 2. The van der Waals surface area contributed by atoms with E-state index in [4.69, 9.17) is 5.73 Å². The summed E-state index contributed by atoms with van der Waals surface area (Å²) in [7, 11) is 0. The zero-order valence-electron chi connectivity index (χ0n) is 15.1. The molecule has 0 amide bonds. The minimum absolute atomic E-state index is 0. The van der Waals surface area contributed by atoms with Crippen molar-refractivity contribution >= 4 is 27.5 Å². The predicted octanol–water partition coefficient (Wildman–Crippen LogP) is 6.20. The van der Waals surface area contributed by atoms with Crippen LogP contribution in [0.3, 0.4) is 0 Å². The highest BCUT2D eigenvalue weighted by Gasteiger charge is 2.24. The van der Waals surface area contributed by atoms with Crippen molar-refractivity contribution in [1.29, 1.82) is 0 Å². The van der Waals surface area contributed by atoms with Gasteiger partial charge >= 0.3 is 0 Å². The Bertz CT molecular complexity index is 692. The number of carbonyl (C=O) groups is 2. The summed E-state index contributed by atoms with van der Waals surface area (Å²) >= 11 is 3.26. The zero-order valence-corrected chi connectivity index (χ0v) is 16.7. The maximum Gasteiger partial charge on any atom is 0.182 e. The molecule has 2 rings (SSSR count). The van der Waals surface area contributed by atoms with Crippen molar-refractivity contribution in [2.24, 2.45) is 5.73 Å². The molecule has 0 spiro atoms. The van der Waals surface area contributed by atoms with Gasteiger partial charge in [0.05, 0.1) is 9.86 Å². The van der Waals surface area contributed by atoms with E-state index in [2.05, 4.69) is 15.9 Å². The minimum Gasteiger partial charge on any atom is -0.319 e. The van der Waals surface area contributed by atoms with Crippen LogP contribution in [0.15, 0.2) is 48.5 Å². The Morgan fingerprint density at radius 1 is 0.750 bits per heavy atom. The first-order valence-corrected chi connectivity index (χ1v) is 8.70. The van der Waals surface area contributed by atoms with Crippen LogP contribution in [-0.2, 0) is 0 Å². The van der Waals surface area contributed by atoms with E-state index in [9.17, 15) is 18.4 Å². The molecule has 156 valence electrons. The molecule has 2 N–H and O–H groups in total. The van der Waals surface area contributed by atoms with Gasteiger partial charge in [0.1, 0.15) is 11.6 Å². The molecule has 0 aromatic heterocycles. The van der Waals surface area contributed by atoms with Crippen molar-refractivity contribution in [2.45, 2.75) is 52.4 Å². The van der Waals surface area contributed by atoms with Crippen LogP contribution in [0.5, 0.6) is 0 Å². The van der Waals surface area contributed by atoms with Gasteiger partial charge in [0.2, 0.25) is 0 Å². The van der Waals surface area contributed by atoms with Crippen LogP contribution >= 0.6 is 15.9 Å². The van der Waals surface area contributed by atoms with Gasteiger partial charge in [-0.2, -0.15) is 0 Å². The molecule has 0 unspecified atom stereocenters. The zero-order chi connectivity index (χ0) is 20.1. The van der Waals surface area contributed by atoms with Crippen molar-refractivity contribution < 1.29 is 18.4 Å². The van der Waals surface area contributed by atoms with Gasteiger partial charge in [-0.1, -0.05) is 30.8 Å². The molecule has 0 atom stereocenters. The summed E-state index contributed by atoms with van der Waals surface area (Å²) in [6.07, 6.45) is 0. The first-order valence-electron chi connectivity index (χ1n) is 7.91. The average Bonchev–Trinajstić information content (AvgIpc) is 2.54. The second-order valence-corrected chi connectivity index (χ2v) is 8.85. The molecule has 0 radical (unpaired) electrons. The summed E-state index contributed by atoms with van der Waals surface area (Å²) in [6.45, 7) is 6.77. The van der Waals surface area contributed by atoms with E-state index in [0.29, 0.717) is 11.1 Å². The second-order valence-electron chi connectivity index (χ2n) is 6.87. The fourth-order valence-corrected chi connectivity index (χ4v) is 2.15. The number of benzene rings is 2. The molecule has 0 aliphatic carbocycles. The molecule has 0 aliphatic heterocycles. The first kappa shape index (κ1) is 28.3. The number of hydrogen-bond donors (Lipinski definition) is 1. The average molecular weight is 458 g/mol. The lowest BCUT2D eigenvalue weighted by Gasteiger charge is -2.16. The lowest BCUT2D eigenvalue weighted by molar-refractivity contribution is 0.0912. The van der Waals surface area contributed by atoms with Crippen molar-refractivity contribution in [3.63, 3.8) is 0 Å². The van der Waals surface area contributed by atoms with E-state index in [0.717, 1.165) is 0 Å². The van der Waals surface area contributed by atoms with E-state index >= 15 is 0 Å². The third-order valence-electron chi connectivity index (χ3n) is 3.34. The number of nitrogens with two attached hydrogens (primary N) is 1. The molecule has 3 nitrogen and oxygen atoms in total. The molecule has 6 heteroatoms. The van der Waals surface area contributed by atoms with Crippen molar-refractivity contribution in [2.75, 3.05) is 0 Å². The lowest BCUT2D eigenvalue weighted by atomic mass is 9.94. The van der Waals surface area contributed by atoms with Gasteiger partial charge in [-0.3, -0.25) is 9.59 Å². The van der Waals surface area contributed by atoms with Crippen molar-refractivity contribution in [3.8, 4) is 0 Å². The first-order chi connectivity index (χ1) is 11.8. The Kier molecular flexibility index (Phi) is 11.3. The van der Waals surface area contributed by atoms with Gasteiger partial charge in [0, 0.05) is 11.1 Å². The molecule has 0 aliphatic rings. The van der Waals surface area contributed by atoms with Crippen LogP contribution < -0.4 is 5.73 Å². The molecule has 0 saturated heterocycles. The summed E-state index contributed by atoms with van der Waals surface area (Å²) in [5.41, 5.74) is 5.66. The smallest absolute Gasteiger partial charge is 0.182 e. The Balaban J connectivity index is 0. The van der Waals surface area contributed by atoms with E-state index in [1.54, 1.807) is 27.7 Å².